The van der Waals surface area contributed by atoms with E-state index in [1.807, 2.05) is 0 Å². The van der Waals surface area contributed by atoms with Crippen molar-refractivity contribution in [2.45, 2.75) is 19.4 Å². The molecule has 2 saturated heterocycles. The number of ether oxygens (including phenoxy) is 1. The van der Waals surface area contributed by atoms with Gasteiger partial charge >= 0.3 is 6.03 Å². The van der Waals surface area contributed by atoms with E-state index in [4.69, 9.17) is 16.3 Å². The normalized spacial score (nSPS) is 16.7. The summed E-state index contributed by atoms with van der Waals surface area (Å²) in [6.07, 6.45) is 5.19. The molecule has 9 heteroatoms. The first-order chi connectivity index (χ1) is 16.9. The lowest BCUT2D eigenvalue weighted by Crippen LogP contribution is -2.47. The lowest BCUT2D eigenvalue weighted by Gasteiger charge is -2.34. The van der Waals surface area contributed by atoms with Crippen LogP contribution in [0.1, 0.15) is 24.0 Å². The van der Waals surface area contributed by atoms with Crippen LogP contribution in [0.15, 0.2) is 42.5 Å². The van der Waals surface area contributed by atoms with Crippen molar-refractivity contribution in [2.75, 3.05) is 51.7 Å². The van der Waals surface area contributed by atoms with Crippen molar-refractivity contribution in [2.24, 2.45) is 0 Å². The van der Waals surface area contributed by atoms with E-state index in [9.17, 15) is 14.0 Å². The van der Waals surface area contributed by atoms with Crippen LogP contribution in [-0.4, -0.2) is 73.0 Å². The van der Waals surface area contributed by atoms with Gasteiger partial charge in [0.1, 0.15) is 11.6 Å². The van der Waals surface area contributed by atoms with Crippen molar-refractivity contribution in [3.8, 4) is 5.75 Å². The highest BCUT2D eigenvalue weighted by Gasteiger charge is 2.21. The number of hydrogen-bond donors (Lipinski definition) is 1. The molecular formula is C26H30ClFN4O3. The Morgan fingerprint density at radius 2 is 1.71 bits per heavy atom. The standard InChI is InChI=1S/C26H30ClFN4O3/c1-35-24-16-20(23(17-22(24)27)29-26(34)32-10-2-3-11-32)6-9-25(33)31-14-12-30(13-15-31)18-19-4-7-21(28)8-5-19/h4-9,16-17H,2-3,10-15,18H2,1H3,(H,29,34)/b9-6+. The number of anilines is 1. The van der Waals surface area contributed by atoms with Gasteiger partial charge in [0.05, 0.1) is 17.8 Å². The van der Waals surface area contributed by atoms with E-state index in [0.29, 0.717) is 35.1 Å². The highest BCUT2D eigenvalue weighted by atomic mass is 35.5. The molecule has 4 rings (SSSR count). The topological polar surface area (TPSA) is 65.1 Å². The van der Waals surface area contributed by atoms with Gasteiger partial charge in [-0.1, -0.05) is 23.7 Å². The van der Waals surface area contributed by atoms with E-state index in [1.54, 1.807) is 40.1 Å². The first-order valence-electron chi connectivity index (χ1n) is 11.8. The predicted molar refractivity (Wildman–Crippen MR) is 135 cm³/mol. The van der Waals surface area contributed by atoms with Gasteiger partial charge in [0.2, 0.25) is 5.91 Å². The summed E-state index contributed by atoms with van der Waals surface area (Å²) in [5.41, 5.74) is 2.22. The lowest BCUT2D eigenvalue weighted by atomic mass is 10.1. The highest BCUT2D eigenvalue weighted by molar-refractivity contribution is 6.32. The number of nitrogens with zero attached hydrogens (tertiary/aromatic N) is 3. The molecule has 186 valence electrons. The molecule has 2 heterocycles. The van der Waals surface area contributed by atoms with Crippen molar-refractivity contribution >= 4 is 35.3 Å². The van der Waals surface area contributed by atoms with Crippen molar-refractivity contribution < 1.29 is 18.7 Å². The van der Waals surface area contributed by atoms with Gasteiger partial charge in [0, 0.05) is 57.5 Å². The molecule has 2 aromatic carbocycles. The van der Waals surface area contributed by atoms with Crippen molar-refractivity contribution in [3.05, 3.63) is 64.4 Å². The first-order valence-corrected chi connectivity index (χ1v) is 12.2. The minimum atomic E-state index is -0.243. The maximum atomic E-state index is 13.1. The Kier molecular flexibility index (Phi) is 8.25. The average molecular weight is 501 g/mol. The summed E-state index contributed by atoms with van der Waals surface area (Å²) in [5.74, 6) is 0.123. The second kappa shape index (κ2) is 11.6. The molecule has 0 bridgehead atoms. The summed E-state index contributed by atoms with van der Waals surface area (Å²) < 4.78 is 18.4. The number of rotatable bonds is 6. The van der Waals surface area contributed by atoms with E-state index >= 15 is 0 Å². The van der Waals surface area contributed by atoms with E-state index in [2.05, 4.69) is 10.2 Å². The Labute approximate surface area is 210 Å². The van der Waals surface area contributed by atoms with Gasteiger partial charge in [-0.25, -0.2) is 9.18 Å². The maximum absolute atomic E-state index is 13.1. The number of urea groups is 1. The van der Waals surface area contributed by atoms with Crippen LogP contribution in [0, 0.1) is 5.82 Å². The molecule has 0 unspecified atom stereocenters. The minimum Gasteiger partial charge on any atom is -0.495 e. The SMILES string of the molecule is COc1cc(/C=C/C(=O)N2CCN(Cc3ccc(F)cc3)CC2)c(NC(=O)N2CCCC2)cc1Cl. The van der Waals surface area contributed by atoms with Crippen LogP contribution in [-0.2, 0) is 11.3 Å². The second-order valence-electron chi connectivity index (χ2n) is 8.76. The number of piperazine rings is 1. The number of hydrogen-bond acceptors (Lipinski definition) is 4. The fraction of sp³-hybridized carbons (Fsp3) is 0.385. The van der Waals surface area contributed by atoms with Gasteiger partial charge in [-0.3, -0.25) is 9.69 Å². The van der Waals surface area contributed by atoms with E-state index in [0.717, 1.165) is 51.1 Å². The summed E-state index contributed by atoms with van der Waals surface area (Å²) in [5, 5.41) is 3.30. The number of methoxy groups -OCH3 is 1. The third-order valence-electron chi connectivity index (χ3n) is 6.37. The Morgan fingerprint density at radius 1 is 1.03 bits per heavy atom. The number of carbonyl (C=O) groups is 2. The summed E-state index contributed by atoms with van der Waals surface area (Å²) in [6.45, 7) is 4.87. The van der Waals surface area contributed by atoms with E-state index in [1.165, 1.54) is 25.3 Å². The molecule has 2 fully saturated rings. The van der Waals surface area contributed by atoms with Crippen LogP contribution in [0.4, 0.5) is 14.9 Å². The van der Waals surface area contributed by atoms with Crippen LogP contribution in [0.2, 0.25) is 5.02 Å². The molecular weight excluding hydrogens is 471 g/mol. The van der Waals surface area contributed by atoms with Crippen molar-refractivity contribution in [3.63, 3.8) is 0 Å². The molecule has 7 nitrogen and oxygen atoms in total. The molecule has 0 radical (unpaired) electrons. The van der Waals surface area contributed by atoms with Gasteiger partial charge in [0.25, 0.3) is 0 Å². The molecule has 0 aromatic heterocycles. The number of likely N-dealkylation sites (tertiary alicyclic amines) is 1. The molecule has 0 saturated carbocycles. The molecule has 2 aromatic rings. The molecule has 2 aliphatic heterocycles. The zero-order valence-electron chi connectivity index (χ0n) is 19.8. The molecule has 2 aliphatic rings. The average Bonchev–Trinajstić information content (AvgIpc) is 3.40. The number of halogens is 2. The molecule has 3 amide bonds. The lowest BCUT2D eigenvalue weighted by molar-refractivity contribution is -0.127. The number of amides is 3. The molecule has 0 atom stereocenters. The summed E-state index contributed by atoms with van der Waals surface area (Å²) >= 11 is 6.30. The molecule has 35 heavy (non-hydrogen) atoms. The second-order valence-corrected chi connectivity index (χ2v) is 9.17. The summed E-state index contributed by atoms with van der Waals surface area (Å²) in [7, 11) is 1.52. The van der Waals surface area contributed by atoms with E-state index in [-0.39, 0.29) is 17.8 Å². The molecule has 0 aliphatic carbocycles. The Hall–Kier alpha value is -3.10. The predicted octanol–water partition coefficient (Wildman–Crippen LogP) is 4.47. The Morgan fingerprint density at radius 3 is 2.37 bits per heavy atom. The third-order valence-corrected chi connectivity index (χ3v) is 6.66. The van der Waals surface area contributed by atoms with Crippen LogP contribution in [0.5, 0.6) is 5.75 Å². The molecule has 1 N–H and O–H groups in total. The minimum absolute atomic E-state index is 0.0998. The van der Waals surface area contributed by atoms with Crippen molar-refractivity contribution in [1.29, 1.82) is 0 Å². The highest BCUT2D eigenvalue weighted by Crippen LogP contribution is 2.32. The summed E-state index contributed by atoms with van der Waals surface area (Å²) in [6, 6.07) is 9.69. The van der Waals surface area contributed by atoms with Gasteiger partial charge in [-0.05, 0) is 48.7 Å². The van der Waals surface area contributed by atoms with Crippen LogP contribution < -0.4 is 10.1 Å². The fourth-order valence-electron chi connectivity index (χ4n) is 4.33. The fourth-order valence-corrected chi connectivity index (χ4v) is 4.57. The molecule has 0 spiro atoms. The van der Waals surface area contributed by atoms with Crippen LogP contribution in [0.25, 0.3) is 6.08 Å². The Bertz CT molecular complexity index is 1080. The number of nitrogens with one attached hydrogen (secondary N) is 1. The third kappa shape index (κ3) is 6.52. The first kappa shape index (κ1) is 25.0. The van der Waals surface area contributed by atoms with Gasteiger partial charge in [-0.15, -0.1) is 0 Å². The monoisotopic (exact) mass is 500 g/mol. The maximum Gasteiger partial charge on any atom is 0.321 e. The van der Waals surface area contributed by atoms with Crippen molar-refractivity contribution in [1.82, 2.24) is 14.7 Å². The van der Waals surface area contributed by atoms with Gasteiger partial charge in [0.15, 0.2) is 0 Å². The zero-order chi connectivity index (χ0) is 24.8. The van der Waals surface area contributed by atoms with E-state index < -0.39 is 0 Å². The largest absolute Gasteiger partial charge is 0.495 e. The summed E-state index contributed by atoms with van der Waals surface area (Å²) in [4.78, 5) is 31.3. The van der Waals surface area contributed by atoms with Gasteiger partial charge < -0.3 is 19.9 Å². The number of carbonyl (C=O) groups excluding carboxylic acids is 2. The number of benzene rings is 2. The zero-order valence-corrected chi connectivity index (χ0v) is 20.6. The van der Waals surface area contributed by atoms with Crippen LogP contribution in [0.3, 0.4) is 0 Å². The van der Waals surface area contributed by atoms with Crippen LogP contribution >= 0.6 is 11.6 Å². The quantitative estimate of drug-likeness (QED) is 0.594. The van der Waals surface area contributed by atoms with Gasteiger partial charge in [-0.2, -0.15) is 0 Å². The Balaban J connectivity index is 1.38. The smallest absolute Gasteiger partial charge is 0.321 e.